The summed E-state index contributed by atoms with van der Waals surface area (Å²) in [7, 11) is 0. The van der Waals surface area contributed by atoms with E-state index in [-0.39, 0.29) is 17.7 Å². The van der Waals surface area contributed by atoms with Crippen molar-refractivity contribution in [3.05, 3.63) is 33.8 Å². The van der Waals surface area contributed by atoms with Gasteiger partial charge in [0.15, 0.2) is 0 Å². The smallest absolute Gasteiger partial charge is 0.252 e. The lowest BCUT2D eigenvalue weighted by Crippen LogP contribution is -2.49. The van der Waals surface area contributed by atoms with E-state index >= 15 is 0 Å². The molecular weight excluding hydrogens is 325 g/mol. The molecule has 94 valence electrons. The van der Waals surface area contributed by atoms with Crippen LogP contribution in [0.15, 0.2) is 22.7 Å². The van der Waals surface area contributed by atoms with Gasteiger partial charge in [-0.3, -0.25) is 4.79 Å². The van der Waals surface area contributed by atoms with Gasteiger partial charge in [-0.25, -0.2) is 0 Å². The highest BCUT2D eigenvalue weighted by Gasteiger charge is 2.25. The standard InChI is InChI=1S/C12H14BrCl2NO/c1-8-3-4-10(13)9(5-8)11(17)16-12(2,6-14)7-15/h3-5H,6-7H2,1-2H3,(H,16,17). The van der Waals surface area contributed by atoms with Crippen molar-refractivity contribution < 1.29 is 4.79 Å². The Morgan fingerprint density at radius 1 is 1.41 bits per heavy atom. The van der Waals surface area contributed by atoms with Crippen molar-refractivity contribution in [2.45, 2.75) is 19.4 Å². The number of alkyl halides is 2. The highest BCUT2D eigenvalue weighted by atomic mass is 79.9. The number of hydrogen-bond donors (Lipinski definition) is 1. The number of benzene rings is 1. The largest absolute Gasteiger partial charge is 0.344 e. The molecule has 1 aromatic rings. The normalized spacial score (nSPS) is 11.4. The van der Waals surface area contributed by atoms with Crippen LogP contribution in [0.3, 0.4) is 0 Å². The van der Waals surface area contributed by atoms with Gasteiger partial charge in [0.2, 0.25) is 0 Å². The molecule has 0 unspecified atom stereocenters. The summed E-state index contributed by atoms with van der Waals surface area (Å²) in [4.78, 5) is 12.1. The maximum atomic E-state index is 12.1. The maximum Gasteiger partial charge on any atom is 0.252 e. The molecular formula is C12H14BrCl2NO. The molecule has 1 aromatic carbocycles. The topological polar surface area (TPSA) is 29.1 Å². The molecule has 0 bridgehead atoms. The zero-order valence-corrected chi connectivity index (χ0v) is 12.8. The first-order valence-electron chi connectivity index (χ1n) is 5.12. The molecule has 0 saturated carbocycles. The summed E-state index contributed by atoms with van der Waals surface area (Å²) in [5, 5.41) is 2.84. The lowest BCUT2D eigenvalue weighted by molar-refractivity contribution is 0.0920. The Kier molecular flexibility index (Phi) is 5.29. The SMILES string of the molecule is Cc1ccc(Br)c(C(=O)NC(C)(CCl)CCl)c1. The first-order chi connectivity index (χ1) is 7.91. The second kappa shape index (κ2) is 6.07. The van der Waals surface area contributed by atoms with Gasteiger partial charge in [0.1, 0.15) is 0 Å². The molecule has 0 aliphatic carbocycles. The quantitative estimate of drug-likeness (QED) is 0.833. The highest BCUT2D eigenvalue weighted by molar-refractivity contribution is 9.10. The van der Waals surface area contributed by atoms with E-state index in [9.17, 15) is 4.79 Å². The van der Waals surface area contributed by atoms with Crippen molar-refractivity contribution in [3.8, 4) is 0 Å². The van der Waals surface area contributed by atoms with Crippen LogP contribution in [0.2, 0.25) is 0 Å². The molecule has 0 aromatic heterocycles. The first-order valence-corrected chi connectivity index (χ1v) is 6.98. The second-order valence-electron chi connectivity index (χ2n) is 4.27. The molecule has 2 nitrogen and oxygen atoms in total. The van der Waals surface area contributed by atoms with Crippen LogP contribution in [-0.4, -0.2) is 23.2 Å². The minimum atomic E-state index is -0.594. The van der Waals surface area contributed by atoms with Gasteiger partial charge in [-0.2, -0.15) is 0 Å². The van der Waals surface area contributed by atoms with Crippen LogP contribution >= 0.6 is 39.1 Å². The summed E-state index contributed by atoms with van der Waals surface area (Å²) in [6.07, 6.45) is 0. The third-order valence-electron chi connectivity index (χ3n) is 2.37. The van der Waals surface area contributed by atoms with Crippen LogP contribution in [0.1, 0.15) is 22.8 Å². The molecule has 0 saturated heterocycles. The predicted molar refractivity (Wildman–Crippen MR) is 76.2 cm³/mol. The van der Waals surface area contributed by atoms with Gasteiger partial charge in [0, 0.05) is 16.2 Å². The molecule has 0 heterocycles. The summed E-state index contributed by atoms with van der Waals surface area (Å²) >= 11 is 15.0. The van der Waals surface area contributed by atoms with Crippen LogP contribution in [0.5, 0.6) is 0 Å². The number of carbonyl (C=O) groups excluding carboxylic acids is 1. The van der Waals surface area contributed by atoms with E-state index in [4.69, 9.17) is 23.2 Å². The average molecular weight is 339 g/mol. The minimum absolute atomic E-state index is 0.177. The van der Waals surface area contributed by atoms with Crippen LogP contribution in [0.25, 0.3) is 0 Å². The Bertz CT molecular complexity index is 419. The van der Waals surface area contributed by atoms with Crippen molar-refractivity contribution in [3.63, 3.8) is 0 Å². The average Bonchev–Trinajstić information content (AvgIpc) is 2.32. The Balaban J connectivity index is 2.94. The molecule has 1 amide bonds. The molecule has 0 spiro atoms. The molecule has 1 N–H and O–H groups in total. The molecule has 5 heteroatoms. The van der Waals surface area contributed by atoms with Gasteiger partial charge in [0.05, 0.1) is 11.1 Å². The van der Waals surface area contributed by atoms with Gasteiger partial charge >= 0.3 is 0 Å². The maximum absolute atomic E-state index is 12.1. The number of amides is 1. The lowest BCUT2D eigenvalue weighted by Gasteiger charge is -2.26. The van der Waals surface area contributed by atoms with E-state index in [1.165, 1.54) is 0 Å². The van der Waals surface area contributed by atoms with Gasteiger partial charge in [-0.1, -0.05) is 11.6 Å². The number of carbonyl (C=O) groups is 1. The number of hydrogen-bond acceptors (Lipinski definition) is 1. The van der Waals surface area contributed by atoms with E-state index in [0.717, 1.165) is 10.0 Å². The van der Waals surface area contributed by atoms with E-state index in [1.807, 2.05) is 32.0 Å². The van der Waals surface area contributed by atoms with E-state index in [0.29, 0.717) is 5.56 Å². The van der Waals surface area contributed by atoms with Gasteiger partial charge in [-0.05, 0) is 41.9 Å². The summed E-state index contributed by atoms with van der Waals surface area (Å²) in [6, 6.07) is 5.61. The van der Waals surface area contributed by atoms with E-state index in [1.54, 1.807) is 0 Å². The summed E-state index contributed by atoms with van der Waals surface area (Å²) in [6.45, 7) is 3.75. The molecule has 0 aliphatic rings. The van der Waals surface area contributed by atoms with Gasteiger partial charge in [-0.15, -0.1) is 23.2 Å². The predicted octanol–water partition coefficient (Wildman–Crippen LogP) is 3.72. The molecule has 0 atom stereocenters. The summed E-state index contributed by atoms with van der Waals surface area (Å²) < 4.78 is 0.757. The van der Waals surface area contributed by atoms with Crippen LogP contribution in [0, 0.1) is 6.92 Å². The monoisotopic (exact) mass is 337 g/mol. The lowest BCUT2D eigenvalue weighted by atomic mass is 10.1. The van der Waals surface area contributed by atoms with E-state index in [2.05, 4.69) is 21.2 Å². The Morgan fingerprint density at radius 3 is 2.53 bits per heavy atom. The van der Waals surface area contributed by atoms with Crippen molar-refractivity contribution >= 4 is 45.0 Å². The third-order valence-corrected chi connectivity index (χ3v) is 4.24. The van der Waals surface area contributed by atoms with Crippen molar-refractivity contribution in [1.29, 1.82) is 0 Å². The summed E-state index contributed by atoms with van der Waals surface area (Å²) in [5.74, 6) is 0.363. The Hall–Kier alpha value is -0.250. The number of halogens is 3. The van der Waals surface area contributed by atoms with Crippen LogP contribution in [-0.2, 0) is 0 Å². The second-order valence-corrected chi connectivity index (χ2v) is 5.65. The fraction of sp³-hybridized carbons (Fsp3) is 0.417. The minimum Gasteiger partial charge on any atom is -0.344 e. The summed E-state index contributed by atoms with van der Waals surface area (Å²) in [5.41, 5.74) is 1.02. The van der Waals surface area contributed by atoms with Crippen LogP contribution in [0.4, 0.5) is 0 Å². The number of nitrogens with one attached hydrogen (secondary N) is 1. The van der Waals surface area contributed by atoms with E-state index < -0.39 is 5.54 Å². The zero-order valence-electron chi connectivity index (χ0n) is 9.69. The Labute approximate surface area is 120 Å². The number of rotatable bonds is 4. The van der Waals surface area contributed by atoms with Crippen molar-refractivity contribution in [2.75, 3.05) is 11.8 Å². The molecule has 0 radical (unpaired) electrons. The zero-order chi connectivity index (χ0) is 13.1. The number of aryl methyl sites for hydroxylation is 1. The molecule has 17 heavy (non-hydrogen) atoms. The fourth-order valence-electron chi connectivity index (χ4n) is 1.26. The van der Waals surface area contributed by atoms with Crippen LogP contribution < -0.4 is 5.32 Å². The fourth-order valence-corrected chi connectivity index (χ4v) is 2.10. The molecule has 0 fully saturated rings. The van der Waals surface area contributed by atoms with Gasteiger partial charge < -0.3 is 5.32 Å². The van der Waals surface area contributed by atoms with Crippen molar-refractivity contribution in [1.82, 2.24) is 5.32 Å². The Morgan fingerprint density at radius 2 is 2.00 bits per heavy atom. The van der Waals surface area contributed by atoms with Crippen molar-refractivity contribution in [2.24, 2.45) is 0 Å². The third kappa shape index (κ3) is 3.87. The van der Waals surface area contributed by atoms with Gasteiger partial charge in [0.25, 0.3) is 5.91 Å². The molecule has 0 aliphatic heterocycles. The first kappa shape index (κ1) is 14.8. The highest BCUT2D eigenvalue weighted by Crippen LogP contribution is 2.19. The molecule has 1 rings (SSSR count).